The van der Waals surface area contributed by atoms with Crippen LogP contribution in [0.1, 0.15) is 31.1 Å². The molecule has 0 saturated heterocycles. The number of halogens is 2. The normalized spacial score (nSPS) is 11.2. The molecular weight excluding hydrogens is 270 g/mol. The Balaban J connectivity index is 3.12. The first-order chi connectivity index (χ1) is 9.19. The highest BCUT2D eigenvalue weighted by atomic mass is 19.2. The molecule has 1 aromatic rings. The van der Waals surface area contributed by atoms with Crippen LogP contribution in [-0.4, -0.2) is 29.1 Å². The number of hydrogen-bond donors (Lipinski definition) is 3. The van der Waals surface area contributed by atoms with Crippen molar-refractivity contribution in [3.8, 4) is 0 Å². The highest BCUT2D eigenvalue weighted by Gasteiger charge is 2.28. The topological polar surface area (TPSA) is 78.4 Å². The molecule has 0 aliphatic heterocycles. The van der Waals surface area contributed by atoms with Crippen LogP contribution in [0.25, 0.3) is 0 Å². The fraction of sp³-hybridized carbons (Fsp3) is 0.385. The summed E-state index contributed by atoms with van der Waals surface area (Å²) in [6.07, 6.45) is 0. The van der Waals surface area contributed by atoms with E-state index in [1.165, 1.54) is 0 Å². The SMILES string of the molecule is CCNC(C)(C)C(=O)Nc1cc(F)c(F)cc1C(=O)O. The largest absolute Gasteiger partial charge is 0.478 e. The number of carboxylic acids is 1. The molecule has 0 fully saturated rings. The van der Waals surface area contributed by atoms with Gasteiger partial charge in [0.15, 0.2) is 11.6 Å². The minimum Gasteiger partial charge on any atom is -0.478 e. The molecule has 0 heterocycles. The van der Waals surface area contributed by atoms with Crippen molar-refractivity contribution < 1.29 is 23.5 Å². The minimum absolute atomic E-state index is 0.285. The Bertz CT molecular complexity index is 545. The van der Waals surface area contributed by atoms with Crippen molar-refractivity contribution in [2.24, 2.45) is 0 Å². The zero-order valence-electron chi connectivity index (χ0n) is 11.4. The molecule has 0 spiro atoms. The molecule has 5 nitrogen and oxygen atoms in total. The van der Waals surface area contributed by atoms with Gasteiger partial charge in [-0.05, 0) is 26.5 Å². The standard InChI is InChI=1S/C13H16F2N2O3/c1-4-16-13(2,3)12(20)17-10-6-9(15)8(14)5-7(10)11(18)19/h5-6,16H,4H2,1-3H3,(H,17,20)(H,18,19). The molecule has 20 heavy (non-hydrogen) atoms. The maximum absolute atomic E-state index is 13.2. The summed E-state index contributed by atoms with van der Waals surface area (Å²) in [5, 5.41) is 14.1. The lowest BCUT2D eigenvalue weighted by Crippen LogP contribution is -2.49. The van der Waals surface area contributed by atoms with Crippen molar-refractivity contribution in [3.05, 3.63) is 29.3 Å². The molecule has 110 valence electrons. The highest BCUT2D eigenvalue weighted by molar-refractivity contribution is 6.03. The van der Waals surface area contributed by atoms with Crippen LogP contribution < -0.4 is 10.6 Å². The maximum Gasteiger partial charge on any atom is 0.337 e. The van der Waals surface area contributed by atoms with Gasteiger partial charge in [-0.3, -0.25) is 4.79 Å². The number of carbonyl (C=O) groups is 2. The van der Waals surface area contributed by atoms with Crippen LogP contribution in [0.2, 0.25) is 0 Å². The minimum atomic E-state index is -1.46. The number of rotatable bonds is 5. The number of carbonyl (C=O) groups excluding carboxylic acids is 1. The van der Waals surface area contributed by atoms with Crippen LogP contribution in [0.5, 0.6) is 0 Å². The number of nitrogens with one attached hydrogen (secondary N) is 2. The van der Waals surface area contributed by atoms with Crippen LogP contribution in [0.15, 0.2) is 12.1 Å². The van der Waals surface area contributed by atoms with Gasteiger partial charge in [-0.15, -0.1) is 0 Å². The van der Waals surface area contributed by atoms with Gasteiger partial charge in [-0.1, -0.05) is 6.92 Å². The number of likely N-dealkylation sites (N-methyl/N-ethyl adjacent to an activating group) is 1. The molecule has 0 aliphatic carbocycles. The molecule has 0 radical (unpaired) electrons. The van der Waals surface area contributed by atoms with Crippen LogP contribution in [0, 0.1) is 11.6 Å². The van der Waals surface area contributed by atoms with Gasteiger partial charge in [-0.25, -0.2) is 13.6 Å². The third-order valence-corrected chi connectivity index (χ3v) is 2.73. The summed E-state index contributed by atoms with van der Waals surface area (Å²) in [7, 11) is 0. The van der Waals surface area contributed by atoms with E-state index < -0.39 is 34.6 Å². The third kappa shape index (κ3) is 3.51. The molecule has 3 N–H and O–H groups in total. The zero-order chi connectivity index (χ0) is 15.5. The summed E-state index contributed by atoms with van der Waals surface area (Å²) >= 11 is 0. The number of anilines is 1. The van der Waals surface area contributed by atoms with E-state index in [2.05, 4.69) is 10.6 Å². The molecular formula is C13H16F2N2O3. The molecule has 0 atom stereocenters. The molecule has 0 aromatic heterocycles. The van der Waals surface area contributed by atoms with E-state index in [0.717, 1.165) is 0 Å². The Labute approximate surface area is 115 Å². The fourth-order valence-electron chi connectivity index (χ4n) is 1.63. The van der Waals surface area contributed by atoms with E-state index in [1.54, 1.807) is 20.8 Å². The number of carboxylic acid groups (broad SMARTS) is 1. The van der Waals surface area contributed by atoms with Crippen LogP contribution in [0.3, 0.4) is 0 Å². The molecule has 1 rings (SSSR count). The number of amides is 1. The first-order valence-electron chi connectivity index (χ1n) is 5.98. The van der Waals surface area contributed by atoms with Gasteiger partial charge in [0.2, 0.25) is 5.91 Å². The predicted molar refractivity (Wildman–Crippen MR) is 69.7 cm³/mol. The highest BCUT2D eigenvalue weighted by Crippen LogP contribution is 2.21. The van der Waals surface area contributed by atoms with Crippen molar-refractivity contribution in [2.75, 3.05) is 11.9 Å². The van der Waals surface area contributed by atoms with E-state index in [9.17, 15) is 18.4 Å². The Morgan fingerprint density at radius 2 is 1.80 bits per heavy atom. The molecule has 0 saturated carbocycles. The first kappa shape index (κ1) is 16.0. The number of aromatic carboxylic acids is 1. The second-order valence-electron chi connectivity index (χ2n) is 4.73. The molecule has 0 unspecified atom stereocenters. The lowest BCUT2D eigenvalue weighted by Gasteiger charge is -2.24. The van der Waals surface area contributed by atoms with Gasteiger partial charge in [0.05, 0.1) is 16.8 Å². The molecule has 0 bridgehead atoms. The summed E-state index contributed by atoms with van der Waals surface area (Å²) in [6.45, 7) is 5.50. The van der Waals surface area contributed by atoms with Gasteiger partial charge in [0.25, 0.3) is 0 Å². The average Bonchev–Trinajstić information content (AvgIpc) is 2.32. The Kier molecular flexibility index (Phi) is 4.78. The van der Waals surface area contributed by atoms with Gasteiger partial charge in [-0.2, -0.15) is 0 Å². The third-order valence-electron chi connectivity index (χ3n) is 2.73. The van der Waals surface area contributed by atoms with E-state index in [-0.39, 0.29) is 5.69 Å². The molecule has 0 aliphatic rings. The van der Waals surface area contributed by atoms with Gasteiger partial charge >= 0.3 is 5.97 Å². The molecule has 1 amide bonds. The molecule has 1 aromatic carbocycles. The maximum atomic E-state index is 13.2. The zero-order valence-corrected chi connectivity index (χ0v) is 11.4. The average molecular weight is 286 g/mol. The lowest BCUT2D eigenvalue weighted by molar-refractivity contribution is -0.121. The summed E-state index contributed by atoms with van der Waals surface area (Å²) in [4.78, 5) is 23.0. The summed E-state index contributed by atoms with van der Waals surface area (Å²) in [5.74, 6) is -4.52. The Morgan fingerprint density at radius 3 is 2.30 bits per heavy atom. The number of benzene rings is 1. The molecule has 7 heteroatoms. The predicted octanol–water partition coefficient (Wildman–Crippen LogP) is 1.99. The van der Waals surface area contributed by atoms with Crippen molar-refractivity contribution in [2.45, 2.75) is 26.3 Å². The van der Waals surface area contributed by atoms with E-state index in [1.807, 2.05) is 0 Å². The summed E-state index contributed by atoms with van der Waals surface area (Å²) < 4.78 is 26.2. The van der Waals surface area contributed by atoms with Gasteiger partial charge in [0, 0.05) is 6.07 Å². The monoisotopic (exact) mass is 286 g/mol. The van der Waals surface area contributed by atoms with E-state index in [0.29, 0.717) is 18.7 Å². The van der Waals surface area contributed by atoms with E-state index >= 15 is 0 Å². The summed E-state index contributed by atoms with van der Waals surface area (Å²) in [6, 6.07) is 1.19. The smallest absolute Gasteiger partial charge is 0.337 e. The fourth-order valence-corrected chi connectivity index (χ4v) is 1.63. The van der Waals surface area contributed by atoms with Crippen LogP contribution in [0.4, 0.5) is 14.5 Å². The Morgan fingerprint density at radius 1 is 1.25 bits per heavy atom. The Hall–Kier alpha value is -2.02. The second-order valence-corrected chi connectivity index (χ2v) is 4.73. The summed E-state index contributed by atoms with van der Waals surface area (Å²) in [5.41, 5.74) is -1.77. The van der Waals surface area contributed by atoms with Crippen molar-refractivity contribution in [3.63, 3.8) is 0 Å². The van der Waals surface area contributed by atoms with E-state index in [4.69, 9.17) is 5.11 Å². The first-order valence-corrected chi connectivity index (χ1v) is 5.98. The van der Waals surface area contributed by atoms with Gasteiger partial charge < -0.3 is 15.7 Å². The number of hydrogen-bond acceptors (Lipinski definition) is 3. The van der Waals surface area contributed by atoms with Gasteiger partial charge in [0.1, 0.15) is 0 Å². The van der Waals surface area contributed by atoms with Crippen molar-refractivity contribution >= 4 is 17.6 Å². The van der Waals surface area contributed by atoms with Crippen molar-refractivity contribution in [1.29, 1.82) is 0 Å². The van der Waals surface area contributed by atoms with Crippen LogP contribution >= 0.6 is 0 Å². The lowest BCUT2D eigenvalue weighted by atomic mass is 10.0. The second kappa shape index (κ2) is 5.96. The van der Waals surface area contributed by atoms with Crippen LogP contribution in [-0.2, 0) is 4.79 Å². The van der Waals surface area contributed by atoms with Crippen molar-refractivity contribution in [1.82, 2.24) is 5.32 Å². The quantitative estimate of drug-likeness (QED) is 0.773.